The molecular formula is C26H52N2. The van der Waals surface area contributed by atoms with Gasteiger partial charge in [-0.2, -0.15) is 0 Å². The van der Waals surface area contributed by atoms with Crippen LogP contribution in [0.15, 0.2) is 12.4 Å². The largest absolute Gasteiger partial charge is 0.356 e. The average molecular weight is 393 g/mol. The van der Waals surface area contributed by atoms with Crippen LogP contribution >= 0.6 is 0 Å². The lowest BCUT2D eigenvalue weighted by Crippen LogP contribution is -2.39. The summed E-state index contributed by atoms with van der Waals surface area (Å²) in [5.74, 6) is 0. The molecule has 0 aliphatic carbocycles. The molecule has 166 valence electrons. The minimum Gasteiger partial charge on any atom is -0.356 e. The molecule has 0 spiro atoms. The molecule has 2 heteroatoms. The van der Waals surface area contributed by atoms with E-state index in [-0.39, 0.29) is 0 Å². The molecule has 0 radical (unpaired) electrons. The van der Waals surface area contributed by atoms with Gasteiger partial charge in [-0.15, -0.1) is 0 Å². The molecular weight excluding hydrogens is 340 g/mol. The monoisotopic (exact) mass is 392 g/mol. The third-order valence-corrected chi connectivity index (χ3v) is 6.32. The van der Waals surface area contributed by atoms with Crippen molar-refractivity contribution in [2.45, 2.75) is 143 Å². The maximum Gasteiger partial charge on any atom is 0.101 e. The Morgan fingerprint density at radius 1 is 0.464 bits per heavy atom. The van der Waals surface area contributed by atoms with Crippen molar-refractivity contribution in [3.63, 3.8) is 0 Å². The van der Waals surface area contributed by atoms with E-state index in [1.807, 2.05) is 0 Å². The molecule has 0 saturated carbocycles. The van der Waals surface area contributed by atoms with Crippen molar-refractivity contribution < 1.29 is 0 Å². The smallest absolute Gasteiger partial charge is 0.101 e. The second kappa shape index (κ2) is 18.4. The second-order valence-electron chi connectivity index (χ2n) is 8.99. The first kappa shape index (κ1) is 25.4. The molecule has 0 fully saturated rings. The maximum absolute atomic E-state index is 2.66. The highest BCUT2D eigenvalue weighted by molar-refractivity contribution is 4.96. The first-order valence-corrected chi connectivity index (χ1v) is 13.0. The van der Waals surface area contributed by atoms with Crippen LogP contribution in [0.3, 0.4) is 0 Å². The molecule has 0 aromatic carbocycles. The van der Waals surface area contributed by atoms with E-state index in [2.05, 4.69) is 43.0 Å². The molecule has 0 saturated heterocycles. The van der Waals surface area contributed by atoms with E-state index in [4.69, 9.17) is 0 Å². The topological polar surface area (TPSA) is 6.48 Å². The zero-order valence-electron chi connectivity index (χ0n) is 19.8. The second-order valence-corrected chi connectivity index (χ2v) is 8.99. The van der Waals surface area contributed by atoms with Crippen LogP contribution in [-0.4, -0.2) is 29.1 Å². The Balaban J connectivity index is 2.25. The summed E-state index contributed by atoms with van der Waals surface area (Å²) in [5.41, 5.74) is 0. The zero-order valence-corrected chi connectivity index (χ0v) is 19.8. The van der Waals surface area contributed by atoms with Crippen LogP contribution in [0.2, 0.25) is 0 Å². The normalized spacial score (nSPS) is 16.5. The summed E-state index contributed by atoms with van der Waals surface area (Å²) >= 11 is 0. The molecule has 0 N–H and O–H groups in total. The molecule has 1 rings (SSSR count). The molecule has 0 amide bonds. The van der Waals surface area contributed by atoms with Gasteiger partial charge in [0, 0.05) is 25.5 Å². The van der Waals surface area contributed by atoms with Crippen LogP contribution in [0.1, 0.15) is 136 Å². The molecule has 0 aromatic rings. The molecule has 0 bridgehead atoms. The predicted molar refractivity (Wildman–Crippen MR) is 126 cm³/mol. The fourth-order valence-corrected chi connectivity index (χ4v) is 4.42. The Hall–Kier alpha value is -0.660. The van der Waals surface area contributed by atoms with Gasteiger partial charge >= 0.3 is 0 Å². The van der Waals surface area contributed by atoms with Gasteiger partial charge in [-0.1, -0.05) is 111 Å². The van der Waals surface area contributed by atoms with E-state index in [9.17, 15) is 0 Å². The van der Waals surface area contributed by atoms with Crippen molar-refractivity contribution in [1.82, 2.24) is 9.80 Å². The number of hydrogen-bond donors (Lipinski definition) is 0. The van der Waals surface area contributed by atoms with E-state index in [0.29, 0.717) is 6.17 Å². The summed E-state index contributed by atoms with van der Waals surface area (Å²) in [7, 11) is 0. The Labute approximate surface area is 178 Å². The summed E-state index contributed by atoms with van der Waals surface area (Å²) in [5, 5.41) is 0. The van der Waals surface area contributed by atoms with Gasteiger partial charge in [0.15, 0.2) is 0 Å². The highest BCUT2D eigenvalue weighted by Crippen LogP contribution is 2.23. The van der Waals surface area contributed by atoms with Crippen molar-refractivity contribution in [2.75, 3.05) is 13.1 Å². The highest BCUT2D eigenvalue weighted by Gasteiger charge is 2.24. The van der Waals surface area contributed by atoms with Crippen LogP contribution in [0.5, 0.6) is 0 Å². The average Bonchev–Trinajstić information content (AvgIpc) is 3.08. The Bertz CT molecular complexity index is 352. The molecule has 1 heterocycles. The fraction of sp³-hybridized carbons (Fsp3) is 0.923. The first-order chi connectivity index (χ1) is 13.8. The molecule has 28 heavy (non-hydrogen) atoms. The van der Waals surface area contributed by atoms with Crippen molar-refractivity contribution in [1.29, 1.82) is 0 Å². The molecule has 1 aliphatic rings. The summed E-state index contributed by atoms with van der Waals surface area (Å²) in [6.45, 7) is 9.43. The lowest BCUT2D eigenvalue weighted by molar-refractivity contribution is 0.135. The van der Waals surface area contributed by atoms with Gasteiger partial charge < -0.3 is 9.80 Å². The maximum atomic E-state index is 2.66. The van der Waals surface area contributed by atoms with Gasteiger partial charge in [0.1, 0.15) is 6.17 Å². The third-order valence-electron chi connectivity index (χ3n) is 6.32. The predicted octanol–water partition coefficient (Wildman–Crippen LogP) is 8.48. The molecule has 1 aliphatic heterocycles. The fourth-order valence-electron chi connectivity index (χ4n) is 4.42. The Kier molecular flexibility index (Phi) is 16.7. The lowest BCUT2D eigenvalue weighted by atomic mass is 10.1. The number of hydrogen-bond acceptors (Lipinski definition) is 2. The zero-order chi connectivity index (χ0) is 20.3. The van der Waals surface area contributed by atoms with Crippen LogP contribution in [0.25, 0.3) is 0 Å². The van der Waals surface area contributed by atoms with E-state index in [1.165, 1.54) is 129 Å². The summed E-state index contributed by atoms with van der Waals surface area (Å²) in [6.07, 6.45) is 30.6. The first-order valence-electron chi connectivity index (χ1n) is 13.0. The SMILES string of the molecule is CCCCCCCCCCN1C=CN(CCCCC)C1CCCCCCCC. The van der Waals surface area contributed by atoms with Crippen molar-refractivity contribution >= 4 is 0 Å². The number of unbranched alkanes of at least 4 members (excludes halogenated alkanes) is 14. The molecule has 0 aromatic heterocycles. The summed E-state index contributed by atoms with van der Waals surface area (Å²) in [6, 6.07) is 0. The Morgan fingerprint density at radius 3 is 1.32 bits per heavy atom. The van der Waals surface area contributed by atoms with E-state index >= 15 is 0 Å². The van der Waals surface area contributed by atoms with E-state index in [0.717, 1.165) is 0 Å². The highest BCUT2D eigenvalue weighted by atomic mass is 15.4. The number of nitrogens with zero attached hydrogens (tertiary/aromatic N) is 2. The minimum atomic E-state index is 0.646. The van der Waals surface area contributed by atoms with E-state index < -0.39 is 0 Å². The summed E-state index contributed by atoms with van der Waals surface area (Å²) in [4.78, 5) is 5.31. The van der Waals surface area contributed by atoms with Crippen LogP contribution in [0.4, 0.5) is 0 Å². The van der Waals surface area contributed by atoms with Crippen molar-refractivity contribution in [3.05, 3.63) is 12.4 Å². The van der Waals surface area contributed by atoms with Gasteiger partial charge in [-0.05, 0) is 25.7 Å². The van der Waals surface area contributed by atoms with Crippen LogP contribution < -0.4 is 0 Å². The van der Waals surface area contributed by atoms with Gasteiger partial charge in [-0.25, -0.2) is 0 Å². The van der Waals surface area contributed by atoms with Gasteiger partial charge in [-0.3, -0.25) is 0 Å². The molecule has 2 nitrogen and oxygen atoms in total. The van der Waals surface area contributed by atoms with Gasteiger partial charge in [0.05, 0.1) is 0 Å². The van der Waals surface area contributed by atoms with Gasteiger partial charge in [0.2, 0.25) is 0 Å². The molecule has 1 atom stereocenters. The quantitative estimate of drug-likeness (QED) is 0.192. The number of rotatable bonds is 20. The Morgan fingerprint density at radius 2 is 0.821 bits per heavy atom. The van der Waals surface area contributed by atoms with Gasteiger partial charge in [0.25, 0.3) is 0 Å². The standard InChI is InChI=1S/C26H52N2/c1-4-7-10-12-14-15-17-20-23-28-25-24-27(22-19-9-6-3)26(28)21-18-16-13-11-8-5-2/h24-26H,4-23H2,1-3H3. The molecule has 1 unspecified atom stereocenters. The third kappa shape index (κ3) is 12.0. The van der Waals surface area contributed by atoms with Crippen molar-refractivity contribution in [3.8, 4) is 0 Å². The lowest BCUT2D eigenvalue weighted by Gasteiger charge is -2.33. The van der Waals surface area contributed by atoms with E-state index in [1.54, 1.807) is 0 Å². The minimum absolute atomic E-state index is 0.646. The van der Waals surface area contributed by atoms with Crippen molar-refractivity contribution in [2.24, 2.45) is 0 Å². The summed E-state index contributed by atoms with van der Waals surface area (Å²) < 4.78 is 0. The van der Waals surface area contributed by atoms with Crippen LogP contribution in [0, 0.1) is 0 Å². The van der Waals surface area contributed by atoms with Crippen LogP contribution in [-0.2, 0) is 0 Å².